The van der Waals surface area contributed by atoms with Gasteiger partial charge in [-0.2, -0.15) is 0 Å². The molecule has 0 aromatic carbocycles. The van der Waals surface area contributed by atoms with Crippen LogP contribution in [-0.2, 0) is 9.53 Å². The van der Waals surface area contributed by atoms with E-state index in [1.54, 1.807) is 0 Å². The predicted octanol–water partition coefficient (Wildman–Crippen LogP) is 0.479. The van der Waals surface area contributed by atoms with Gasteiger partial charge in [0.25, 0.3) is 0 Å². The summed E-state index contributed by atoms with van der Waals surface area (Å²) >= 11 is 0. The number of likely N-dealkylation sites (N-methyl/N-ethyl adjacent to an activating group) is 1. The average Bonchev–Trinajstić information content (AvgIpc) is 2.14. The molecule has 0 saturated carbocycles. The third-order valence-corrected chi connectivity index (χ3v) is 1.90. The van der Waals surface area contributed by atoms with Gasteiger partial charge in [0.1, 0.15) is 6.61 Å². The smallest absolute Gasteiger partial charge is 0.246 e. The number of hydrogen-bond acceptors (Lipinski definition) is 3. The topological polar surface area (TPSA) is 41.6 Å². The van der Waals surface area contributed by atoms with Crippen molar-refractivity contribution in [3.63, 3.8) is 0 Å². The highest BCUT2D eigenvalue weighted by Crippen LogP contribution is 1.86. The van der Waals surface area contributed by atoms with Gasteiger partial charge in [-0.1, -0.05) is 6.92 Å². The van der Waals surface area contributed by atoms with Crippen LogP contribution in [0.2, 0.25) is 0 Å². The fourth-order valence-corrected chi connectivity index (χ4v) is 0.838. The molecule has 0 aliphatic heterocycles. The number of rotatable bonds is 7. The Morgan fingerprint density at radius 2 is 2.14 bits per heavy atom. The summed E-state index contributed by atoms with van der Waals surface area (Å²) in [6.45, 7) is 8.64. The Morgan fingerprint density at radius 3 is 2.64 bits per heavy atom. The maximum atomic E-state index is 11.2. The van der Waals surface area contributed by atoms with Crippen molar-refractivity contribution < 1.29 is 9.53 Å². The summed E-state index contributed by atoms with van der Waals surface area (Å²) in [6.07, 6.45) is 0.110. The molecule has 14 heavy (non-hydrogen) atoms. The van der Waals surface area contributed by atoms with Crippen molar-refractivity contribution in [1.29, 1.82) is 0 Å². The second-order valence-electron chi connectivity index (χ2n) is 3.61. The fourth-order valence-electron chi connectivity index (χ4n) is 0.838. The van der Waals surface area contributed by atoms with E-state index in [-0.39, 0.29) is 18.6 Å². The molecule has 0 atom stereocenters. The molecule has 0 aromatic rings. The molecule has 84 valence electrons. The van der Waals surface area contributed by atoms with Crippen molar-refractivity contribution in [2.24, 2.45) is 0 Å². The lowest BCUT2D eigenvalue weighted by atomic mass is 10.4. The molecule has 4 nitrogen and oxygen atoms in total. The van der Waals surface area contributed by atoms with Crippen molar-refractivity contribution in [2.75, 3.05) is 33.3 Å². The monoisotopic (exact) mass is 202 g/mol. The van der Waals surface area contributed by atoms with E-state index in [2.05, 4.69) is 17.1 Å². The lowest BCUT2D eigenvalue weighted by molar-refractivity contribution is -0.127. The van der Waals surface area contributed by atoms with Crippen LogP contribution >= 0.6 is 0 Å². The maximum absolute atomic E-state index is 11.2. The average molecular weight is 202 g/mol. The first-order valence-electron chi connectivity index (χ1n) is 5.13. The van der Waals surface area contributed by atoms with Crippen LogP contribution in [0.1, 0.15) is 20.8 Å². The summed E-state index contributed by atoms with van der Waals surface area (Å²) in [5, 5.41) is 2.80. The van der Waals surface area contributed by atoms with Gasteiger partial charge in [-0.15, -0.1) is 0 Å². The Balaban J connectivity index is 3.35. The van der Waals surface area contributed by atoms with Crippen molar-refractivity contribution >= 4 is 5.91 Å². The van der Waals surface area contributed by atoms with E-state index >= 15 is 0 Å². The highest BCUT2D eigenvalue weighted by Gasteiger charge is 2.02. The zero-order valence-corrected chi connectivity index (χ0v) is 9.67. The first-order valence-corrected chi connectivity index (χ1v) is 5.13. The Kier molecular flexibility index (Phi) is 7.42. The molecule has 0 aliphatic rings. The number of ether oxygens (including phenoxy) is 1. The molecule has 0 radical (unpaired) electrons. The van der Waals surface area contributed by atoms with E-state index in [0.29, 0.717) is 6.54 Å². The summed E-state index contributed by atoms with van der Waals surface area (Å²) in [4.78, 5) is 13.3. The number of nitrogens with one attached hydrogen (secondary N) is 1. The van der Waals surface area contributed by atoms with Crippen molar-refractivity contribution in [3.05, 3.63) is 0 Å². The first-order chi connectivity index (χ1) is 6.56. The highest BCUT2D eigenvalue weighted by atomic mass is 16.5. The van der Waals surface area contributed by atoms with Gasteiger partial charge >= 0.3 is 0 Å². The molecule has 0 spiro atoms. The van der Waals surface area contributed by atoms with Crippen molar-refractivity contribution in [3.8, 4) is 0 Å². The summed E-state index contributed by atoms with van der Waals surface area (Å²) in [5.74, 6) is -0.0387. The van der Waals surface area contributed by atoms with Gasteiger partial charge in [-0.25, -0.2) is 0 Å². The summed E-state index contributed by atoms with van der Waals surface area (Å²) in [5.41, 5.74) is 0. The van der Waals surface area contributed by atoms with Gasteiger partial charge in [0.2, 0.25) is 5.91 Å². The second kappa shape index (κ2) is 7.76. The van der Waals surface area contributed by atoms with Crippen LogP contribution < -0.4 is 5.32 Å². The van der Waals surface area contributed by atoms with Gasteiger partial charge in [0, 0.05) is 13.1 Å². The molecule has 1 N–H and O–H groups in total. The maximum Gasteiger partial charge on any atom is 0.246 e. The molecule has 0 aliphatic carbocycles. The van der Waals surface area contributed by atoms with Crippen LogP contribution in [0.5, 0.6) is 0 Å². The van der Waals surface area contributed by atoms with Gasteiger partial charge < -0.3 is 15.0 Å². The lowest BCUT2D eigenvalue weighted by Gasteiger charge is -2.14. The number of amides is 1. The number of carbonyl (C=O) groups excluding carboxylic acids is 1. The molecular weight excluding hydrogens is 180 g/mol. The van der Waals surface area contributed by atoms with Gasteiger partial charge in [-0.3, -0.25) is 4.79 Å². The zero-order chi connectivity index (χ0) is 11.0. The Bertz CT molecular complexity index is 160. The minimum Gasteiger partial charge on any atom is -0.369 e. The zero-order valence-electron chi connectivity index (χ0n) is 9.67. The molecule has 4 heteroatoms. The third-order valence-electron chi connectivity index (χ3n) is 1.90. The van der Waals surface area contributed by atoms with Gasteiger partial charge in [-0.05, 0) is 27.4 Å². The van der Waals surface area contributed by atoms with Crippen LogP contribution in [0.3, 0.4) is 0 Å². The molecule has 0 bridgehead atoms. The van der Waals surface area contributed by atoms with E-state index in [1.807, 2.05) is 20.9 Å². The normalized spacial score (nSPS) is 11.0. The van der Waals surface area contributed by atoms with E-state index in [9.17, 15) is 4.79 Å². The number of carbonyl (C=O) groups is 1. The Morgan fingerprint density at radius 1 is 1.50 bits per heavy atom. The number of nitrogens with zero attached hydrogens (tertiary/aromatic N) is 1. The molecule has 0 rings (SSSR count). The molecule has 0 unspecified atom stereocenters. The second-order valence-corrected chi connectivity index (χ2v) is 3.61. The summed E-state index contributed by atoms with van der Waals surface area (Å²) in [6, 6.07) is 0. The first kappa shape index (κ1) is 13.4. The van der Waals surface area contributed by atoms with E-state index in [4.69, 9.17) is 4.74 Å². The van der Waals surface area contributed by atoms with Crippen LogP contribution in [0, 0.1) is 0 Å². The minimum absolute atomic E-state index is 0.0387. The van der Waals surface area contributed by atoms with Crippen molar-refractivity contribution in [1.82, 2.24) is 10.2 Å². The van der Waals surface area contributed by atoms with Crippen molar-refractivity contribution in [2.45, 2.75) is 26.9 Å². The lowest BCUT2D eigenvalue weighted by Crippen LogP contribution is -2.35. The molecule has 0 fully saturated rings. The van der Waals surface area contributed by atoms with E-state index < -0.39 is 0 Å². The minimum atomic E-state index is -0.0387. The Labute approximate surface area is 86.6 Å². The predicted molar refractivity (Wildman–Crippen MR) is 57.3 cm³/mol. The quantitative estimate of drug-likeness (QED) is 0.653. The van der Waals surface area contributed by atoms with Crippen LogP contribution in [-0.4, -0.2) is 50.2 Å². The number of hydrogen-bond donors (Lipinski definition) is 1. The SMILES string of the molecule is CCN(C)CCNC(=O)COC(C)C. The summed E-state index contributed by atoms with van der Waals surface area (Å²) in [7, 11) is 2.02. The largest absolute Gasteiger partial charge is 0.369 e. The van der Waals surface area contributed by atoms with Crippen LogP contribution in [0.4, 0.5) is 0 Å². The molecule has 1 amide bonds. The molecule has 0 aromatic heterocycles. The summed E-state index contributed by atoms with van der Waals surface area (Å²) < 4.78 is 5.16. The fraction of sp³-hybridized carbons (Fsp3) is 0.900. The van der Waals surface area contributed by atoms with Gasteiger partial charge in [0.15, 0.2) is 0 Å². The van der Waals surface area contributed by atoms with Crippen LogP contribution in [0.15, 0.2) is 0 Å². The molecular formula is C10H22N2O2. The molecule has 0 saturated heterocycles. The Hall–Kier alpha value is -0.610. The highest BCUT2D eigenvalue weighted by molar-refractivity contribution is 5.77. The standard InChI is InChI=1S/C10H22N2O2/c1-5-12(4)7-6-11-10(13)8-14-9(2)3/h9H,5-8H2,1-4H3,(H,11,13). The van der Waals surface area contributed by atoms with E-state index in [1.165, 1.54) is 0 Å². The third kappa shape index (κ3) is 8.01. The van der Waals surface area contributed by atoms with E-state index in [0.717, 1.165) is 13.1 Å². The molecule has 0 heterocycles. The van der Waals surface area contributed by atoms with Crippen LogP contribution in [0.25, 0.3) is 0 Å². The van der Waals surface area contributed by atoms with Gasteiger partial charge in [0.05, 0.1) is 6.10 Å².